The Balaban J connectivity index is 0.000000233. The number of carbonyl (C=O) groups excluding carboxylic acids is 2. The molecule has 0 spiro atoms. The van der Waals surface area contributed by atoms with E-state index in [0.29, 0.717) is 17.8 Å². The summed E-state index contributed by atoms with van der Waals surface area (Å²) >= 11 is 1.52. The molecule has 1 aromatic rings. The number of aliphatic hydroxyl groups excluding tert-OH is 1. The second-order valence-electron chi connectivity index (χ2n) is 9.15. The number of carbonyl (C=O) groups is 4. The molecule has 3 heterocycles. The number of aliphatic hydroxyl groups is 1. The average molecular weight is 533 g/mol. The van der Waals surface area contributed by atoms with E-state index < -0.39 is 24.0 Å². The van der Waals surface area contributed by atoms with E-state index in [9.17, 15) is 29.4 Å². The summed E-state index contributed by atoms with van der Waals surface area (Å²) in [5.41, 5.74) is 0.629. The molecule has 5 N–H and O–H groups in total. The van der Waals surface area contributed by atoms with Crippen LogP contribution in [-0.4, -0.2) is 91.7 Å². The maximum Gasteiger partial charge on any atom is 0.353 e. The molecule has 12 heteroatoms. The van der Waals surface area contributed by atoms with E-state index in [4.69, 9.17) is 10.5 Å². The molecule has 2 fully saturated rings. The molecule has 2 saturated heterocycles. The lowest BCUT2D eigenvalue weighted by Gasteiger charge is -2.44. The van der Waals surface area contributed by atoms with Gasteiger partial charge in [0.05, 0.1) is 30.3 Å². The minimum absolute atomic E-state index is 0.0570. The van der Waals surface area contributed by atoms with Crippen molar-refractivity contribution in [3.8, 4) is 0 Å². The Kier molecular flexibility index (Phi) is 9.33. The molecule has 3 aliphatic heterocycles. The summed E-state index contributed by atoms with van der Waals surface area (Å²) in [5.74, 6) is -2.50. The first-order valence-electron chi connectivity index (χ1n) is 12.0. The van der Waals surface area contributed by atoms with Crippen LogP contribution >= 0.6 is 11.8 Å². The number of hydrogen-bond donors (Lipinski definition) is 5. The van der Waals surface area contributed by atoms with Gasteiger partial charge in [-0.2, -0.15) is 0 Å². The molecule has 0 aromatic heterocycles. The highest BCUT2D eigenvalue weighted by molar-refractivity contribution is 8.03. The number of nitrogens with one attached hydrogen (secondary N) is 2. The highest BCUT2D eigenvalue weighted by atomic mass is 32.2. The average Bonchev–Trinajstić information content (AvgIpc) is 3.43. The highest BCUT2D eigenvalue weighted by Gasteiger charge is 2.57. The lowest BCUT2D eigenvalue weighted by Crippen LogP contribution is -2.61. The summed E-state index contributed by atoms with van der Waals surface area (Å²) in [6, 6.07) is 8.46. The molecule has 0 unspecified atom stereocenters. The van der Waals surface area contributed by atoms with E-state index in [2.05, 4.69) is 5.32 Å². The van der Waals surface area contributed by atoms with E-state index >= 15 is 0 Å². The van der Waals surface area contributed by atoms with Gasteiger partial charge in [0, 0.05) is 41.8 Å². The van der Waals surface area contributed by atoms with Crippen LogP contribution in [0.4, 0.5) is 0 Å². The van der Waals surface area contributed by atoms with E-state index in [1.807, 2.05) is 11.0 Å². The molecule has 2 amide bonds. The van der Waals surface area contributed by atoms with Gasteiger partial charge in [-0.05, 0) is 32.4 Å². The SMILES string of the molecule is CC(=N)N1CC[C@@H](SC2=C(C(=O)O)N3C(=O)[C@H]([C@@H](C)O)[C@H]3C2)C1.O=C(O)CCNC(=O)c1ccccc1. The third-order valence-electron chi connectivity index (χ3n) is 6.48. The molecule has 0 saturated carbocycles. The largest absolute Gasteiger partial charge is 0.481 e. The molecular weight excluding hydrogens is 500 g/mol. The van der Waals surface area contributed by atoms with Crippen molar-refractivity contribution in [2.45, 2.75) is 50.5 Å². The van der Waals surface area contributed by atoms with Crippen molar-refractivity contribution in [2.24, 2.45) is 5.92 Å². The number of hydrogen-bond acceptors (Lipinski definition) is 7. The molecule has 0 radical (unpaired) electrons. The van der Waals surface area contributed by atoms with Crippen LogP contribution in [0.5, 0.6) is 0 Å². The van der Waals surface area contributed by atoms with Gasteiger partial charge in [0.1, 0.15) is 5.70 Å². The van der Waals surface area contributed by atoms with Crippen molar-refractivity contribution < 1.29 is 34.5 Å². The van der Waals surface area contributed by atoms with E-state index in [0.717, 1.165) is 24.4 Å². The number of rotatable bonds is 8. The number of nitrogens with zero attached hydrogens (tertiary/aromatic N) is 2. The second-order valence-corrected chi connectivity index (χ2v) is 10.5. The first kappa shape index (κ1) is 28.2. The number of likely N-dealkylation sites (tertiary alicyclic amines) is 1. The van der Waals surface area contributed by atoms with Gasteiger partial charge in [-0.15, -0.1) is 11.8 Å². The number of aliphatic carboxylic acids is 2. The van der Waals surface area contributed by atoms with Gasteiger partial charge in [0.2, 0.25) is 5.91 Å². The summed E-state index contributed by atoms with van der Waals surface area (Å²) in [6.45, 7) is 5.03. The van der Waals surface area contributed by atoms with Crippen LogP contribution in [0, 0.1) is 11.3 Å². The number of carboxylic acids is 2. The maximum absolute atomic E-state index is 12.1. The van der Waals surface area contributed by atoms with Crippen LogP contribution in [0.2, 0.25) is 0 Å². The highest BCUT2D eigenvalue weighted by Crippen LogP contribution is 2.48. The Morgan fingerprint density at radius 1 is 1.22 bits per heavy atom. The second kappa shape index (κ2) is 12.2. The molecule has 4 atom stereocenters. The molecule has 1 aromatic carbocycles. The van der Waals surface area contributed by atoms with Crippen LogP contribution in [0.3, 0.4) is 0 Å². The van der Waals surface area contributed by atoms with Crippen molar-refractivity contribution in [1.82, 2.24) is 15.1 Å². The van der Waals surface area contributed by atoms with Crippen LogP contribution in [0.15, 0.2) is 40.9 Å². The Hall–Kier alpha value is -3.38. The van der Waals surface area contributed by atoms with Gasteiger partial charge in [0.15, 0.2) is 0 Å². The Morgan fingerprint density at radius 3 is 2.43 bits per heavy atom. The van der Waals surface area contributed by atoms with Crippen molar-refractivity contribution in [1.29, 1.82) is 5.41 Å². The van der Waals surface area contributed by atoms with Crippen LogP contribution in [0.1, 0.15) is 43.5 Å². The van der Waals surface area contributed by atoms with Gasteiger partial charge >= 0.3 is 11.9 Å². The van der Waals surface area contributed by atoms with Crippen LogP contribution in [0.25, 0.3) is 0 Å². The van der Waals surface area contributed by atoms with Crippen molar-refractivity contribution in [2.75, 3.05) is 19.6 Å². The Morgan fingerprint density at radius 2 is 1.89 bits per heavy atom. The molecule has 0 aliphatic carbocycles. The fourth-order valence-electron chi connectivity index (χ4n) is 4.64. The lowest BCUT2D eigenvalue weighted by atomic mass is 9.83. The number of amidine groups is 1. The van der Waals surface area contributed by atoms with E-state index in [-0.39, 0.29) is 41.8 Å². The molecular formula is C25H32N4O7S. The fraction of sp³-hybridized carbons (Fsp3) is 0.480. The van der Waals surface area contributed by atoms with Gasteiger partial charge in [-0.1, -0.05) is 18.2 Å². The summed E-state index contributed by atoms with van der Waals surface area (Å²) < 4.78 is 0. The van der Waals surface area contributed by atoms with E-state index in [1.165, 1.54) is 16.7 Å². The predicted octanol–water partition coefficient (Wildman–Crippen LogP) is 1.59. The Bertz CT molecular complexity index is 1090. The molecule has 3 aliphatic rings. The first-order chi connectivity index (χ1) is 17.5. The third kappa shape index (κ3) is 6.69. The minimum Gasteiger partial charge on any atom is -0.481 e. The van der Waals surface area contributed by atoms with Gasteiger partial charge in [0.25, 0.3) is 5.91 Å². The number of carboxylic acid groups (broad SMARTS) is 2. The van der Waals surface area contributed by atoms with E-state index in [1.54, 1.807) is 38.1 Å². The first-order valence-corrected chi connectivity index (χ1v) is 12.9. The molecule has 4 rings (SSSR count). The topological polar surface area (TPSA) is 171 Å². The van der Waals surface area contributed by atoms with Gasteiger partial charge in [-0.3, -0.25) is 19.8 Å². The van der Waals surface area contributed by atoms with Crippen LogP contribution < -0.4 is 5.32 Å². The monoisotopic (exact) mass is 532 g/mol. The normalized spacial score (nSPS) is 23.0. The zero-order chi connectivity index (χ0) is 27.3. The summed E-state index contributed by atoms with van der Waals surface area (Å²) in [4.78, 5) is 49.3. The standard InChI is InChI=1S/C15H21N3O4S.C10H11NO3/c1-7(19)12-10-5-11(13(15(21)22)18(10)14(12)20)23-9-3-4-17(6-9)8(2)16;12-9(13)6-7-11-10(14)8-4-2-1-3-5-8/h7,9-10,12,16,19H,3-6H2,1-2H3,(H,21,22);1-5H,6-7H2,(H,11,14)(H,12,13)/t7-,9-,10-,12-;/m1./s1. The van der Waals surface area contributed by atoms with Crippen molar-refractivity contribution in [3.63, 3.8) is 0 Å². The summed E-state index contributed by atoms with van der Waals surface area (Å²) in [6.07, 6.45) is 0.591. The number of β-lactam (4-membered cyclic amide) rings is 1. The summed E-state index contributed by atoms with van der Waals surface area (Å²) in [5, 5.41) is 38.0. The number of benzene rings is 1. The van der Waals surface area contributed by atoms with Gasteiger partial charge in [-0.25, -0.2) is 4.79 Å². The number of thioether (sulfide) groups is 1. The van der Waals surface area contributed by atoms with Crippen LogP contribution in [-0.2, 0) is 14.4 Å². The van der Waals surface area contributed by atoms with Crippen molar-refractivity contribution in [3.05, 3.63) is 46.5 Å². The quantitative estimate of drug-likeness (QED) is 0.189. The van der Waals surface area contributed by atoms with Crippen molar-refractivity contribution >= 4 is 41.4 Å². The maximum atomic E-state index is 12.1. The number of amides is 2. The third-order valence-corrected chi connectivity index (χ3v) is 7.84. The lowest BCUT2D eigenvalue weighted by molar-refractivity contribution is -0.161. The molecule has 37 heavy (non-hydrogen) atoms. The molecule has 11 nitrogen and oxygen atoms in total. The van der Waals surface area contributed by atoms with Gasteiger partial charge < -0.3 is 30.4 Å². The minimum atomic E-state index is -1.08. The number of fused-ring (bicyclic) bond motifs is 1. The predicted molar refractivity (Wildman–Crippen MR) is 137 cm³/mol. The Labute approximate surface area is 219 Å². The smallest absolute Gasteiger partial charge is 0.353 e. The molecule has 200 valence electrons. The fourth-order valence-corrected chi connectivity index (χ4v) is 6.09. The summed E-state index contributed by atoms with van der Waals surface area (Å²) in [7, 11) is 0. The zero-order valence-electron chi connectivity index (χ0n) is 20.7. The zero-order valence-corrected chi connectivity index (χ0v) is 21.5. The molecule has 0 bridgehead atoms.